The van der Waals surface area contributed by atoms with E-state index in [0.29, 0.717) is 0 Å². The number of non-ortho nitro benzene ring substituents is 1. The second kappa shape index (κ2) is 8.39. The van der Waals surface area contributed by atoms with Crippen LogP contribution in [-0.2, 0) is 11.3 Å². The van der Waals surface area contributed by atoms with Crippen molar-refractivity contribution in [3.63, 3.8) is 0 Å². The van der Waals surface area contributed by atoms with Crippen molar-refractivity contribution in [3.8, 4) is 0 Å². The van der Waals surface area contributed by atoms with Crippen LogP contribution in [0.15, 0.2) is 54.6 Å². The predicted octanol–water partition coefficient (Wildman–Crippen LogP) is 2.84. The van der Waals surface area contributed by atoms with Gasteiger partial charge in [-0.3, -0.25) is 20.2 Å². The molecule has 0 aromatic heterocycles. The van der Waals surface area contributed by atoms with Gasteiger partial charge in [0.15, 0.2) is 0 Å². The Hall–Kier alpha value is -3.49. The number of amides is 1. The molecule has 1 amide bonds. The second-order valence-electron chi connectivity index (χ2n) is 5.13. The van der Waals surface area contributed by atoms with Gasteiger partial charge < -0.3 is 10.1 Å². The Bertz CT molecular complexity index is 765. The first-order chi connectivity index (χ1) is 12.0. The van der Waals surface area contributed by atoms with Gasteiger partial charge >= 0.3 is 6.09 Å². The lowest BCUT2D eigenvalue weighted by molar-refractivity contribution is -0.484. The first kappa shape index (κ1) is 17.9. The zero-order chi connectivity index (χ0) is 18.2. The van der Waals surface area contributed by atoms with Crippen LogP contribution in [-0.4, -0.2) is 22.5 Å². The van der Waals surface area contributed by atoms with Crippen molar-refractivity contribution >= 4 is 11.8 Å². The van der Waals surface area contributed by atoms with Crippen LogP contribution in [0.3, 0.4) is 0 Å². The Kier molecular flexibility index (Phi) is 5.99. The number of nitro groups is 2. The highest BCUT2D eigenvalue weighted by Crippen LogP contribution is 2.20. The van der Waals surface area contributed by atoms with Crippen molar-refractivity contribution < 1.29 is 19.4 Å². The third-order valence-corrected chi connectivity index (χ3v) is 3.32. The van der Waals surface area contributed by atoms with Crippen LogP contribution in [0.5, 0.6) is 0 Å². The molecular weight excluding hydrogens is 330 g/mol. The summed E-state index contributed by atoms with van der Waals surface area (Å²) in [6.07, 6.45) is -0.845. The minimum Gasteiger partial charge on any atom is -0.445 e. The van der Waals surface area contributed by atoms with Crippen LogP contribution in [0.1, 0.15) is 17.2 Å². The summed E-state index contributed by atoms with van der Waals surface area (Å²) in [5.74, 6) is 0. The molecule has 0 saturated carbocycles. The number of hydrogen-bond donors (Lipinski definition) is 1. The van der Waals surface area contributed by atoms with Crippen molar-refractivity contribution in [2.24, 2.45) is 0 Å². The summed E-state index contributed by atoms with van der Waals surface area (Å²) in [4.78, 5) is 32.4. The Balaban J connectivity index is 2.06. The third kappa shape index (κ3) is 5.57. The van der Waals surface area contributed by atoms with Gasteiger partial charge in [0, 0.05) is 17.1 Å². The molecule has 0 fully saturated rings. The molecule has 1 atom stereocenters. The van der Waals surface area contributed by atoms with E-state index in [9.17, 15) is 25.0 Å². The largest absolute Gasteiger partial charge is 0.445 e. The molecule has 2 rings (SSSR count). The average Bonchev–Trinajstić information content (AvgIpc) is 2.60. The molecule has 0 saturated heterocycles. The SMILES string of the molecule is O=C(N[C@@H](C[N+](=O)[O-])c1cccc([N+](=O)[O-])c1)OCc1ccccc1. The molecule has 9 nitrogen and oxygen atoms in total. The quantitative estimate of drug-likeness (QED) is 0.607. The summed E-state index contributed by atoms with van der Waals surface area (Å²) in [5.41, 5.74) is 0.798. The number of carbonyl (C=O) groups excluding carboxylic acids is 1. The Labute approximate surface area is 142 Å². The number of nitro benzene ring substituents is 1. The van der Waals surface area contributed by atoms with Gasteiger partial charge in [-0.2, -0.15) is 0 Å². The molecule has 130 valence electrons. The van der Waals surface area contributed by atoms with Crippen LogP contribution in [0.25, 0.3) is 0 Å². The van der Waals surface area contributed by atoms with Crippen molar-refractivity contribution in [2.75, 3.05) is 6.54 Å². The fourth-order valence-electron chi connectivity index (χ4n) is 2.15. The molecule has 0 radical (unpaired) electrons. The lowest BCUT2D eigenvalue weighted by atomic mass is 10.1. The maximum absolute atomic E-state index is 11.9. The van der Waals surface area contributed by atoms with E-state index in [0.717, 1.165) is 5.56 Å². The van der Waals surface area contributed by atoms with Gasteiger partial charge in [0.25, 0.3) is 5.69 Å². The molecule has 2 aromatic rings. The van der Waals surface area contributed by atoms with Crippen LogP contribution >= 0.6 is 0 Å². The summed E-state index contributed by atoms with van der Waals surface area (Å²) in [5, 5.41) is 24.1. The topological polar surface area (TPSA) is 125 Å². The highest BCUT2D eigenvalue weighted by atomic mass is 16.6. The number of hydrogen-bond acceptors (Lipinski definition) is 6. The minimum absolute atomic E-state index is 0.00674. The number of alkyl carbamates (subject to hydrolysis) is 1. The van der Waals surface area contributed by atoms with Gasteiger partial charge in [-0.15, -0.1) is 0 Å². The van der Waals surface area contributed by atoms with Crippen molar-refractivity contribution in [2.45, 2.75) is 12.6 Å². The molecule has 0 spiro atoms. The van der Waals surface area contributed by atoms with Gasteiger partial charge in [-0.1, -0.05) is 42.5 Å². The lowest BCUT2D eigenvalue weighted by Crippen LogP contribution is -2.33. The molecule has 1 N–H and O–H groups in total. The van der Waals surface area contributed by atoms with E-state index in [4.69, 9.17) is 4.74 Å². The molecule has 9 heteroatoms. The molecule has 0 aliphatic carbocycles. The fraction of sp³-hybridized carbons (Fsp3) is 0.188. The summed E-state index contributed by atoms with van der Waals surface area (Å²) < 4.78 is 5.03. The van der Waals surface area contributed by atoms with E-state index >= 15 is 0 Å². The first-order valence-corrected chi connectivity index (χ1v) is 7.29. The van der Waals surface area contributed by atoms with Gasteiger partial charge in [-0.25, -0.2) is 4.79 Å². The molecule has 0 unspecified atom stereocenters. The average molecular weight is 345 g/mol. The van der Waals surface area contributed by atoms with Crippen molar-refractivity contribution in [1.29, 1.82) is 0 Å². The van der Waals surface area contributed by atoms with Crippen molar-refractivity contribution in [3.05, 3.63) is 86.0 Å². The van der Waals surface area contributed by atoms with E-state index in [-0.39, 0.29) is 17.9 Å². The van der Waals surface area contributed by atoms with Gasteiger partial charge in [0.2, 0.25) is 6.54 Å². The zero-order valence-electron chi connectivity index (χ0n) is 13.0. The molecule has 0 aliphatic heterocycles. The van der Waals surface area contributed by atoms with E-state index in [2.05, 4.69) is 5.32 Å². The van der Waals surface area contributed by atoms with Crippen LogP contribution in [0, 0.1) is 20.2 Å². The molecular formula is C16H15N3O6. The van der Waals surface area contributed by atoms with Crippen LogP contribution in [0.4, 0.5) is 10.5 Å². The standard InChI is InChI=1S/C16H15N3O6/c20-16(25-11-12-5-2-1-3-6-12)17-15(10-18(21)22)13-7-4-8-14(9-13)19(23)24/h1-9,15H,10-11H2,(H,17,20)/t15-/m0/s1. The maximum Gasteiger partial charge on any atom is 0.408 e. The minimum atomic E-state index is -1.04. The smallest absolute Gasteiger partial charge is 0.408 e. The summed E-state index contributed by atoms with van der Waals surface area (Å²) in [6.45, 7) is -0.617. The lowest BCUT2D eigenvalue weighted by Gasteiger charge is -2.15. The van der Waals surface area contributed by atoms with E-state index in [1.54, 1.807) is 24.3 Å². The van der Waals surface area contributed by atoms with Gasteiger partial charge in [0.05, 0.1) is 4.92 Å². The highest BCUT2D eigenvalue weighted by molar-refractivity contribution is 5.68. The number of nitrogens with zero attached hydrogens (tertiary/aromatic N) is 2. The molecule has 25 heavy (non-hydrogen) atoms. The van der Waals surface area contributed by atoms with Crippen LogP contribution in [0.2, 0.25) is 0 Å². The number of ether oxygens (including phenoxy) is 1. The van der Waals surface area contributed by atoms with E-state index in [1.807, 2.05) is 6.07 Å². The predicted molar refractivity (Wildman–Crippen MR) is 87.5 cm³/mol. The first-order valence-electron chi connectivity index (χ1n) is 7.29. The number of nitrogens with one attached hydrogen (secondary N) is 1. The maximum atomic E-state index is 11.9. The van der Waals surface area contributed by atoms with Gasteiger partial charge in [-0.05, 0) is 11.1 Å². The number of rotatable bonds is 7. The Morgan fingerprint density at radius 2 is 1.80 bits per heavy atom. The monoisotopic (exact) mass is 345 g/mol. The summed E-state index contributed by atoms with van der Waals surface area (Å²) in [7, 11) is 0. The second-order valence-corrected chi connectivity index (χ2v) is 5.13. The normalized spacial score (nSPS) is 11.4. The van der Waals surface area contributed by atoms with Crippen molar-refractivity contribution in [1.82, 2.24) is 5.32 Å². The molecule has 0 bridgehead atoms. The van der Waals surface area contributed by atoms with Crippen LogP contribution < -0.4 is 5.32 Å². The summed E-state index contributed by atoms with van der Waals surface area (Å²) in [6, 6.07) is 13.2. The van der Waals surface area contributed by atoms with E-state index in [1.165, 1.54) is 24.3 Å². The number of benzene rings is 2. The Morgan fingerprint density at radius 1 is 1.08 bits per heavy atom. The zero-order valence-corrected chi connectivity index (χ0v) is 13.0. The third-order valence-electron chi connectivity index (χ3n) is 3.32. The fourth-order valence-corrected chi connectivity index (χ4v) is 2.15. The molecule has 0 heterocycles. The van der Waals surface area contributed by atoms with E-state index < -0.39 is 28.5 Å². The molecule has 0 aliphatic rings. The van der Waals surface area contributed by atoms with Gasteiger partial charge in [0.1, 0.15) is 12.6 Å². The number of carbonyl (C=O) groups is 1. The summed E-state index contributed by atoms with van der Waals surface area (Å²) >= 11 is 0. The molecule has 2 aromatic carbocycles. The Morgan fingerprint density at radius 3 is 2.44 bits per heavy atom. The highest BCUT2D eigenvalue weighted by Gasteiger charge is 2.22.